The second-order valence-electron chi connectivity index (χ2n) is 7.61. The summed E-state index contributed by atoms with van der Waals surface area (Å²) in [6, 6.07) is 6.91. The second kappa shape index (κ2) is 6.94. The van der Waals surface area contributed by atoms with Gasteiger partial charge in [-0.25, -0.2) is 13.8 Å². The minimum Gasteiger partial charge on any atom is -0.377 e. The van der Waals surface area contributed by atoms with E-state index in [9.17, 15) is 13.6 Å². The van der Waals surface area contributed by atoms with Crippen molar-refractivity contribution < 1.29 is 18.3 Å². The van der Waals surface area contributed by atoms with Crippen molar-refractivity contribution >= 4 is 5.91 Å². The van der Waals surface area contributed by atoms with E-state index in [1.807, 2.05) is 4.57 Å². The molecule has 0 saturated carbocycles. The molecule has 1 aromatic carbocycles. The number of benzene rings is 1. The van der Waals surface area contributed by atoms with E-state index in [2.05, 4.69) is 15.2 Å². The molecule has 0 unspecified atom stereocenters. The molecule has 5 rings (SSSR count). The predicted octanol–water partition coefficient (Wildman–Crippen LogP) is 2.83. The average molecular weight is 411 g/mol. The van der Waals surface area contributed by atoms with Crippen LogP contribution in [0.1, 0.15) is 33.5 Å². The lowest BCUT2D eigenvalue weighted by molar-refractivity contribution is -0.0571. The zero-order valence-corrected chi connectivity index (χ0v) is 16.5. The Labute approximate surface area is 171 Å². The predicted molar refractivity (Wildman–Crippen MR) is 103 cm³/mol. The third-order valence-electron chi connectivity index (χ3n) is 5.69. The molecule has 0 aliphatic carbocycles. The quantitative estimate of drug-likeness (QED) is 0.649. The van der Waals surface area contributed by atoms with Crippen LogP contribution in [0.3, 0.4) is 0 Å². The van der Waals surface area contributed by atoms with E-state index in [0.29, 0.717) is 36.1 Å². The molecule has 3 aromatic rings. The van der Waals surface area contributed by atoms with Gasteiger partial charge in [0.05, 0.1) is 30.5 Å². The third kappa shape index (κ3) is 2.80. The molecule has 9 heteroatoms. The fraction of sp³-hybridized carbons (Fsp3) is 0.333. The Morgan fingerprint density at radius 3 is 2.77 bits per heavy atom. The number of pyridine rings is 1. The summed E-state index contributed by atoms with van der Waals surface area (Å²) >= 11 is 0. The topological polar surface area (TPSA) is 73.1 Å². The average Bonchev–Trinajstić information content (AvgIpc) is 3.14. The molecular weight excluding hydrogens is 392 g/mol. The SMILES string of the molecule is Cc1cccc(C(=O)N2[C@H]3COC[C@@H]2c2nnc(-c4ccc(F)c(C)n4)n2C3)c1F. The normalized spacial score (nSPS) is 20.2. The van der Waals surface area contributed by atoms with Gasteiger partial charge in [0.1, 0.15) is 23.4 Å². The maximum Gasteiger partial charge on any atom is 0.257 e. The van der Waals surface area contributed by atoms with Crippen LogP contribution >= 0.6 is 0 Å². The first-order valence-corrected chi connectivity index (χ1v) is 9.68. The second-order valence-corrected chi connectivity index (χ2v) is 7.61. The molecule has 2 aliphatic rings. The third-order valence-corrected chi connectivity index (χ3v) is 5.69. The first kappa shape index (κ1) is 18.8. The van der Waals surface area contributed by atoms with Crippen LogP contribution in [0.4, 0.5) is 8.78 Å². The van der Waals surface area contributed by atoms with Crippen molar-refractivity contribution in [2.45, 2.75) is 32.5 Å². The maximum absolute atomic E-state index is 14.6. The standard InChI is InChI=1S/C21H19F2N5O2/c1-11-4-3-5-14(18(11)23)21(29)28-13-8-27-19(16-7-6-15(22)12(2)24-16)25-26-20(27)17(28)10-30-9-13/h3-7,13,17H,8-10H2,1-2H3/t13-,17-/m1/s1. The van der Waals surface area contributed by atoms with E-state index in [1.54, 1.807) is 36.9 Å². The maximum atomic E-state index is 14.6. The molecule has 0 spiro atoms. The smallest absolute Gasteiger partial charge is 0.257 e. The molecule has 1 saturated heterocycles. The van der Waals surface area contributed by atoms with Gasteiger partial charge < -0.3 is 14.2 Å². The van der Waals surface area contributed by atoms with Crippen molar-refractivity contribution in [1.82, 2.24) is 24.6 Å². The summed E-state index contributed by atoms with van der Waals surface area (Å²) in [4.78, 5) is 19.2. The Morgan fingerprint density at radius 1 is 1.13 bits per heavy atom. The van der Waals surface area contributed by atoms with Crippen LogP contribution in [-0.4, -0.2) is 49.8 Å². The highest BCUT2D eigenvalue weighted by atomic mass is 19.1. The van der Waals surface area contributed by atoms with Gasteiger partial charge in [0.2, 0.25) is 0 Å². The van der Waals surface area contributed by atoms with Crippen LogP contribution in [-0.2, 0) is 11.3 Å². The summed E-state index contributed by atoms with van der Waals surface area (Å²) in [7, 11) is 0. The van der Waals surface area contributed by atoms with Gasteiger partial charge in [-0.05, 0) is 37.6 Å². The van der Waals surface area contributed by atoms with Gasteiger partial charge in [-0.1, -0.05) is 12.1 Å². The Hall–Kier alpha value is -3.20. The summed E-state index contributed by atoms with van der Waals surface area (Å²) in [5.41, 5.74) is 1.24. The fourth-order valence-electron chi connectivity index (χ4n) is 4.14. The number of hydrogen-bond acceptors (Lipinski definition) is 5. The summed E-state index contributed by atoms with van der Waals surface area (Å²) in [6.45, 7) is 4.16. The van der Waals surface area contributed by atoms with Crippen LogP contribution in [0.15, 0.2) is 30.3 Å². The van der Waals surface area contributed by atoms with E-state index >= 15 is 0 Å². The monoisotopic (exact) mass is 411 g/mol. The van der Waals surface area contributed by atoms with Gasteiger partial charge in [0, 0.05) is 6.54 Å². The van der Waals surface area contributed by atoms with E-state index in [4.69, 9.17) is 4.74 Å². The number of rotatable bonds is 2. The molecule has 30 heavy (non-hydrogen) atoms. The van der Waals surface area contributed by atoms with E-state index in [1.165, 1.54) is 12.1 Å². The van der Waals surface area contributed by atoms with Gasteiger partial charge in [-0.15, -0.1) is 10.2 Å². The number of halogens is 2. The van der Waals surface area contributed by atoms with Gasteiger partial charge in [0.25, 0.3) is 5.91 Å². The molecular formula is C21H19F2N5O2. The number of nitrogens with zero attached hydrogens (tertiary/aromatic N) is 5. The van der Waals surface area contributed by atoms with Crippen LogP contribution < -0.4 is 0 Å². The van der Waals surface area contributed by atoms with Crippen molar-refractivity contribution in [3.05, 3.63) is 64.6 Å². The van der Waals surface area contributed by atoms with Gasteiger partial charge in [-0.3, -0.25) is 4.79 Å². The molecule has 2 aliphatic heterocycles. The Bertz CT molecular complexity index is 1160. The number of ether oxygens (including phenoxy) is 1. The number of carbonyl (C=O) groups excluding carboxylic acids is 1. The first-order valence-electron chi connectivity index (χ1n) is 9.68. The zero-order valence-electron chi connectivity index (χ0n) is 16.5. The van der Waals surface area contributed by atoms with Gasteiger partial charge in [0.15, 0.2) is 11.6 Å². The van der Waals surface area contributed by atoms with Crippen molar-refractivity contribution in [1.29, 1.82) is 0 Å². The Balaban J connectivity index is 1.56. The summed E-state index contributed by atoms with van der Waals surface area (Å²) < 4.78 is 35.8. The van der Waals surface area contributed by atoms with Crippen molar-refractivity contribution in [3.63, 3.8) is 0 Å². The molecule has 4 heterocycles. The van der Waals surface area contributed by atoms with Crippen LogP contribution in [0.2, 0.25) is 0 Å². The Morgan fingerprint density at radius 2 is 1.97 bits per heavy atom. The molecule has 7 nitrogen and oxygen atoms in total. The summed E-state index contributed by atoms with van der Waals surface area (Å²) in [5.74, 6) is -0.231. The van der Waals surface area contributed by atoms with E-state index in [-0.39, 0.29) is 35.6 Å². The number of hydrogen-bond donors (Lipinski definition) is 0. The van der Waals surface area contributed by atoms with Crippen LogP contribution in [0.25, 0.3) is 11.5 Å². The number of morpholine rings is 1. The van der Waals surface area contributed by atoms with Crippen LogP contribution in [0.5, 0.6) is 0 Å². The van der Waals surface area contributed by atoms with Crippen molar-refractivity contribution in [2.24, 2.45) is 0 Å². The Kier molecular flexibility index (Phi) is 4.35. The van der Waals surface area contributed by atoms with Gasteiger partial charge >= 0.3 is 0 Å². The molecule has 2 aromatic heterocycles. The highest BCUT2D eigenvalue weighted by Crippen LogP contribution is 2.36. The zero-order chi connectivity index (χ0) is 21.0. The highest BCUT2D eigenvalue weighted by molar-refractivity contribution is 5.95. The molecule has 1 amide bonds. The van der Waals surface area contributed by atoms with Gasteiger partial charge in [-0.2, -0.15) is 0 Å². The largest absolute Gasteiger partial charge is 0.377 e. The van der Waals surface area contributed by atoms with Crippen molar-refractivity contribution in [2.75, 3.05) is 13.2 Å². The summed E-state index contributed by atoms with van der Waals surface area (Å²) in [6.07, 6.45) is 0. The molecule has 2 atom stereocenters. The van der Waals surface area contributed by atoms with E-state index in [0.717, 1.165) is 0 Å². The number of aryl methyl sites for hydroxylation is 2. The number of carbonyl (C=O) groups is 1. The van der Waals surface area contributed by atoms with Crippen molar-refractivity contribution in [3.8, 4) is 11.5 Å². The molecule has 1 fully saturated rings. The first-order chi connectivity index (χ1) is 14.5. The minimum atomic E-state index is -0.514. The lowest BCUT2D eigenvalue weighted by Crippen LogP contribution is -2.56. The van der Waals surface area contributed by atoms with Crippen LogP contribution in [0, 0.1) is 25.5 Å². The molecule has 0 N–H and O–H groups in total. The number of fused-ring (bicyclic) bond motifs is 4. The highest BCUT2D eigenvalue weighted by Gasteiger charge is 2.44. The molecule has 2 bridgehead atoms. The fourth-order valence-corrected chi connectivity index (χ4v) is 4.14. The number of amides is 1. The lowest BCUT2D eigenvalue weighted by atomic mass is 10.0. The minimum absolute atomic E-state index is 0.0379. The molecule has 0 radical (unpaired) electrons. The molecule has 154 valence electrons. The lowest BCUT2D eigenvalue weighted by Gasteiger charge is -2.45. The number of aromatic nitrogens is 4. The van der Waals surface area contributed by atoms with E-state index < -0.39 is 11.9 Å². The summed E-state index contributed by atoms with van der Waals surface area (Å²) in [5, 5.41) is 8.54.